The van der Waals surface area contributed by atoms with Crippen molar-refractivity contribution in [3.8, 4) is 11.5 Å². The average molecular weight is 284 g/mol. The number of ether oxygens (including phenoxy) is 2. The van der Waals surface area contributed by atoms with Gasteiger partial charge in [0.1, 0.15) is 6.10 Å². The Bertz CT molecular complexity index is 568. The zero-order valence-electron chi connectivity index (χ0n) is 12.2. The highest BCUT2D eigenvalue weighted by atomic mass is 16.5. The monoisotopic (exact) mass is 284 g/mol. The predicted octanol–water partition coefficient (Wildman–Crippen LogP) is 2.82. The summed E-state index contributed by atoms with van der Waals surface area (Å²) in [5.74, 6) is 1.98. The van der Waals surface area contributed by atoms with Gasteiger partial charge in [0, 0.05) is 30.4 Å². The topological polar surface area (TPSA) is 43.4 Å². The summed E-state index contributed by atoms with van der Waals surface area (Å²) < 4.78 is 11.7. The molecule has 0 amide bonds. The van der Waals surface area contributed by atoms with E-state index < -0.39 is 0 Å². The predicted molar refractivity (Wildman–Crippen MR) is 81.6 cm³/mol. The Morgan fingerprint density at radius 1 is 1.19 bits per heavy atom. The third-order valence-electron chi connectivity index (χ3n) is 3.86. The van der Waals surface area contributed by atoms with Crippen molar-refractivity contribution < 1.29 is 9.47 Å². The number of nitrogens with one attached hydrogen (secondary N) is 1. The van der Waals surface area contributed by atoms with Crippen molar-refractivity contribution in [1.82, 2.24) is 10.3 Å². The summed E-state index contributed by atoms with van der Waals surface area (Å²) in [7, 11) is 1.67. The van der Waals surface area contributed by atoms with Crippen molar-refractivity contribution in [2.75, 3.05) is 20.2 Å². The molecule has 4 nitrogen and oxygen atoms in total. The highest BCUT2D eigenvalue weighted by Crippen LogP contribution is 2.35. The molecule has 0 radical (unpaired) electrons. The van der Waals surface area contributed by atoms with E-state index in [4.69, 9.17) is 9.47 Å². The number of hydrogen-bond acceptors (Lipinski definition) is 4. The summed E-state index contributed by atoms with van der Waals surface area (Å²) in [6.45, 7) is 2.01. The van der Waals surface area contributed by atoms with E-state index in [0.29, 0.717) is 5.92 Å². The first-order chi connectivity index (χ1) is 10.4. The number of methoxy groups -OCH3 is 1. The fourth-order valence-electron chi connectivity index (χ4n) is 2.77. The molecule has 0 aliphatic carbocycles. The molecular weight excluding hydrogens is 264 g/mol. The van der Waals surface area contributed by atoms with Gasteiger partial charge in [0.05, 0.1) is 7.11 Å². The van der Waals surface area contributed by atoms with E-state index >= 15 is 0 Å². The Labute approximate surface area is 125 Å². The largest absolute Gasteiger partial charge is 0.493 e. The number of nitrogens with zero attached hydrogens (tertiary/aromatic N) is 1. The summed E-state index contributed by atoms with van der Waals surface area (Å²) in [6.07, 6.45) is 4.77. The molecule has 1 aliphatic heterocycles. The van der Waals surface area contributed by atoms with Gasteiger partial charge in [-0.15, -0.1) is 0 Å². The second-order valence-electron chi connectivity index (χ2n) is 5.23. The van der Waals surface area contributed by atoms with Gasteiger partial charge in [0.15, 0.2) is 11.5 Å². The Kier molecular flexibility index (Phi) is 4.36. The molecule has 1 fully saturated rings. The van der Waals surface area contributed by atoms with Gasteiger partial charge in [-0.1, -0.05) is 18.2 Å². The lowest BCUT2D eigenvalue weighted by Crippen LogP contribution is -2.21. The molecule has 1 aliphatic rings. The van der Waals surface area contributed by atoms with Crippen LogP contribution in [0.3, 0.4) is 0 Å². The molecule has 0 bridgehead atoms. The Morgan fingerprint density at radius 3 is 2.71 bits per heavy atom. The van der Waals surface area contributed by atoms with Crippen LogP contribution in [0, 0.1) is 5.92 Å². The summed E-state index contributed by atoms with van der Waals surface area (Å²) in [5.41, 5.74) is 1.11. The molecule has 1 aromatic carbocycles. The van der Waals surface area contributed by atoms with E-state index in [-0.39, 0.29) is 6.10 Å². The van der Waals surface area contributed by atoms with Gasteiger partial charge in [0.25, 0.3) is 0 Å². The van der Waals surface area contributed by atoms with Crippen molar-refractivity contribution in [2.24, 2.45) is 5.92 Å². The molecule has 1 N–H and O–H groups in total. The molecule has 4 heteroatoms. The first-order valence-electron chi connectivity index (χ1n) is 7.29. The average Bonchev–Trinajstić information content (AvgIpc) is 3.08. The van der Waals surface area contributed by atoms with Crippen molar-refractivity contribution in [2.45, 2.75) is 12.5 Å². The third-order valence-corrected chi connectivity index (χ3v) is 3.86. The molecule has 1 saturated heterocycles. The molecule has 2 atom stereocenters. The normalized spacial score (nSPS) is 19.2. The fourth-order valence-corrected chi connectivity index (χ4v) is 2.77. The van der Waals surface area contributed by atoms with Gasteiger partial charge in [-0.05, 0) is 31.2 Å². The molecule has 0 saturated carbocycles. The lowest BCUT2D eigenvalue weighted by Gasteiger charge is -2.25. The van der Waals surface area contributed by atoms with Gasteiger partial charge >= 0.3 is 0 Å². The maximum atomic E-state index is 6.30. The van der Waals surface area contributed by atoms with Crippen molar-refractivity contribution in [3.63, 3.8) is 0 Å². The van der Waals surface area contributed by atoms with E-state index in [0.717, 1.165) is 36.6 Å². The van der Waals surface area contributed by atoms with Crippen molar-refractivity contribution in [1.29, 1.82) is 0 Å². The van der Waals surface area contributed by atoms with Crippen LogP contribution in [-0.4, -0.2) is 25.2 Å². The first kappa shape index (κ1) is 13.9. The van der Waals surface area contributed by atoms with Gasteiger partial charge < -0.3 is 14.8 Å². The summed E-state index contributed by atoms with van der Waals surface area (Å²) >= 11 is 0. The van der Waals surface area contributed by atoms with Crippen molar-refractivity contribution in [3.05, 3.63) is 54.4 Å². The molecule has 2 aromatic rings. The van der Waals surface area contributed by atoms with Crippen LogP contribution in [0.15, 0.2) is 48.8 Å². The second-order valence-corrected chi connectivity index (χ2v) is 5.23. The minimum absolute atomic E-state index is 0.00926. The van der Waals surface area contributed by atoms with Gasteiger partial charge in [-0.2, -0.15) is 0 Å². The quantitative estimate of drug-likeness (QED) is 0.917. The van der Waals surface area contributed by atoms with E-state index in [9.17, 15) is 0 Å². The molecular formula is C17H20N2O2. The van der Waals surface area contributed by atoms with E-state index in [2.05, 4.69) is 16.4 Å². The van der Waals surface area contributed by atoms with Crippen LogP contribution in [0.25, 0.3) is 0 Å². The minimum Gasteiger partial charge on any atom is -0.493 e. The van der Waals surface area contributed by atoms with E-state index in [1.54, 1.807) is 13.3 Å². The molecule has 0 unspecified atom stereocenters. The van der Waals surface area contributed by atoms with Gasteiger partial charge in [0.2, 0.25) is 0 Å². The SMILES string of the molecule is COc1ccccc1O[C@H](c1cccnc1)[C@@H]1CCNC1. The van der Waals surface area contributed by atoms with Gasteiger partial charge in [-0.25, -0.2) is 0 Å². The van der Waals surface area contributed by atoms with Crippen LogP contribution in [0.5, 0.6) is 11.5 Å². The number of para-hydroxylation sites is 2. The van der Waals surface area contributed by atoms with Crippen molar-refractivity contribution >= 4 is 0 Å². The third kappa shape index (κ3) is 3.16. The number of pyridine rings is 1. The number of benzene rings is 1. The minimum atomic E-state index is -0.00926. The van der Waals surface area contributed by atoms with E-state index in [1.807, 2.05) is 36.5 Å². The molecule has 3 rings (SSSR count). The van der Waals surface area contributed by atoms with E-state index in [1.165, 1.54) is 0 Å². The van der Waals surface area contributed by atoms with Crippen LogP contribution in [0.2, 0.25) is 0 Å². The molecule has 1 aromatic heterocycles. The standard InChI is InChI=1S/C17H20N2O2/c1-20-15-6-2-3-7-16(15)21-17(14-8-10-19-12-14)13-5-4-9-18-11-13/h2-7,9,11,14,17,19H,8,10,12H2,1H3/t14-,17-/m1/s1. The fraction of sp³-hybridized carbons (Fsp3) is 0.353. The number of rotatable bonds is 5. The maximum absolute atomic E-state index is 6.30. The number of aromatic nitrogens is 1. The zero-order valence-corrected chi connectivity index (χ0v) is 12.2. The second kappa shape index (κ2) is 6.59. The zero-order chi connectivity index (χ0) is 14.5. The lowest BCUT2D eigenvalue weighted by atomic mass is 9.96. The van der Waals surface area contributed by atoms with Crippen LogP contribution in [0.4, 0.5) is 0 Å². The Balaban J connectivity index is 1.88. The lowest BCUT2D eigenvalue weighted by molar-refractivity contribution is 0.139. The smallest absolute Gasteiger partial charge is 0.162 e. The van der Waals surface area contributed by atoms with Crippen LogP contribution in [0.1, 0.15) is 18.1 Å². The Morgan fingerprint density at radius 2 is 2.05 bits per heavy atom. The summed E-state index contributed by atoms with van der Waals surface area (Å²) in [6, 6.07) is 11.8. The number of hydrogen-bond donors (Lipinski definition) is 1. The van der Waals surface area contributed by atoms with Gasteiger partial charge in [-0.3, -0.25) is 4.98 Å². The maximum Gasteiger partial charge on any atom is 0.162 e. The highest BCUT2D eigenvalue weighted by Gasteiger charge is 2.28. The first-order valence-corrected chi connectivity index (χ1v) is 7.29. The molecule has 0 spiro atoms. The van der Waals surface area contributed by atoms with Crippen LogP contribution in [-0.2, 0) is 0 Å². The summed E-state index contributed by atoms with van der Waals surface area (Å²) in [5, 5.41) is 3.41. The molecule has 2 heterocycles. The Hall–Kier alpha value is -2.07. The summed E-state index contributed by atoms with van der Waals surface area (Å²) in [4.78, 5) is 4.23. The molecule has 21 heavy (non-hydrogen) atoms. The van der Waals surface area contributed by atoms with Crippen LogP contribution < -0.4 is 14.8 Å². The highest BCUT2D eigenvalue weighted by molar-refractivity contribution is 5.40. The van der Waals surface area contributed by atoms with Crippen LogP contribution >= 0.6 is 0 Å². The molecule has 110 valence electrons.